The third-order valence-electron chi connectivity index (χ3n) is 6.06. The van der Waals surface area contributed by atoms with Crippen LogP contribution in [-0.4, -0.2) is 12.2 Å². The number of hydrogen-bond donors (Lipinski definition) is 1. The molecule has 38 heavy (non-hydrogen) atoms. The van der Waals surface area contributed by atoms with E-state index in [0.29, 0.717) is 36.9 Å². The first-order chi connectivity index (χ1) is 18.5. The first-order valence-corrected chi connectivity index (χ1v) is 12.7. The van der Waals surface area contributed by atoms with Gasteiger partial charge in [0.25, 0.3) is 0 Å². The molecule has 0 bridgehead atoms. The Balaban J connectivity index is 1.58. The van der Waals surface area contributed by atoms with Gasteiger partial charge in [-0.2, -0.15) is 0 Å². The standard InChI is InChI=1S/C34H34O4/c1-25(2)14-18-31-29(21-30(35)22-33(31)38-24-28-12-8-5-9-13-28)17-15-26-16-19-32(34(20-26)36-3)37-23-27-10-6-4-7-11-27/h4-17,19-22,35H,18,23-24H2,1-3H3/b17-15-. The molecule has 4 heteroatoms. The van der Waals surface area contributed by atoms with Crippen LogP contribution in [0, 0.1) is 0 Å². The van der Waals surface area contributed by atoms with Gasteiger partial charge >= 0.3 is 0 Å². The molecule has 0 saturated heterocycles. The van der Waals surface area contributed by atoms with E-state index in [1.165, 1.54) is 5.57 Å². The van der Waals surface area contributed by atoms with Crippen molar-refractivity contribution < 1.29 is 19.3 Å². The molecule has 4 aromatic carbocycles. The van der Waals surface area contributed by atoms with Crippen LogP contribution in [0.25, 0.3) is 12.2 Å². The average Bonchev–Trinajstić information content (AvgIpc) is 2.94. The predicted octanol–water partition coefficient (Wildman–Crippen LogP) is 8.24. The van der Waals surface area contributed by atoms with Crippen LogP contribution in [0.15, 0.2) is 103 Å². The molecular formula is C34H34O4. The fraction of sp³-hybridized carbons (Fsp3) is 0.176. The molecule has 0 amide bonds. The number of benzene rings is 4. The molecule has 0 radical (unpaired) electrons. The Morgan fingerprint density at radius 3 is 1.95 bits per heavy atom. The zero-order valence-electron chi connectivity index (χ0n) is 22.2. The molecule has 0 spiro atoms. The lowest BCUT2D eigenvalue weighted by Crippen LogP contribution is -2.00. The van der Waals surface area contributed by atoms with Crippen molar-refractivity contribution in [2.45, 2.75) is 33.5 Å². The first kappa shape index (κ1) is 26.6. The highest BCUT2D eigenvalue weighted by Crippen LogP contribution is 2.33. The van der Waals surface area contributed by atoms with Gasteiger partial charge in [-0.15, -0.1) is 0 Å². The largest absolute Gasteiger partial charge is 0.508 e. The van der Waals surface area contributed by atoms with Gasteiger partial charge in [0.05, 0.1) is 7.11 Å². The fourth-order valence-electron chi connectivity index (χ4n) is 4.02. The van der Waals surface area contributed by atoms with E-state index in [9.17, 15) is 5.11 Å². The maximum atomic E-state index is 10.5. The van der Waals surface area contributed by atoms with Crippen molar-refractivity contribution in [2.75, 3.05) is 7.11 Å². The number of rotatable bonds is 11. The number of allylic oxidation sites excluding steroid dienone is 2. The van der Waals surface area contributed by atoms with Crippen molar-refractivity contribution in [1.82, 2.24) is 0 Å². The molecule has 4 nitrogen and oxygen atoms in total. The number of ether oxygens (including phenoxy) is 3. The number of hydrogen-bond acceptors (Lipinski definition) is 4. The molecule has 0 aliphatic carbocycles. The van der Waals surface area contributed by atoms with Crippen molar-refractivity contribution in [1.29, 1.82) is 0 Å². The molecule has 0 saturated carbocycles. The van der Waals surface area contributed by atoms with E-state index < -0.39 is 0 Å². The summed E-state index contributed by atoms with van der Waals surface area (Å²) in [5.41, 5.74) is 6.26. The fourth-order valence-corrected chi connectivity index (χ4v) is 4.02. The minimum absolute atomic E-state index is 0.163. The Labute approximate surface area is 225 Å². The maximum Gasteiger partial charge on any atom is 0.161 e. The Bertz CT molecular complexity index is 1390. The van der Waals surface area contributed by atoms with Gasteiger partial charge in [0.2, 0.25) is 0 Å². The van der Waals surface area contributed by atoms with Gasteiger partial charge in [0, 0.05) is 11.6 Å². The highest BCUT2D eigenvalue weighted by Gasteiger charge is 2.11. The minimum Gasteiger partial charge on any atom is -0.508 e. The van der Waals surface area contributed by atoms with Crippen LogP contribution in [0.4, 0.5) is 0 Å². The summed E-state index contributed by atoms with van der Waals surface area (Å²) in [6.07, 6.45) is 6.87. The molecule has 0 unspecified atom stereocenters. The average molecular weight is 507 g/mol. The molecule has 0 fully saturated rings. The second-order valence-corrected chi connectivity index (χ2v) is 9.29. The van der Waals surface area contributed by atoms with Gasteiger partial charge in [0.1, 0.15) is 24.7 Å². The highest BCUT2D eigenvalue weighted by atomic mass is 16.5. The Hall–Kier alpha value is -4.44. The van der Waals surface area contributed by atoms with Crippen LogP contribution in [-0.2, 0) is 19.6 Å². The lowest BCUT2D eigenvalue weighted by atomic mass is 10.00. The molecule has 194 valence electrons. The summed E-state index contributed by atoms with van der Waals surface area (Å²) >= 11 is 0. The third kappa shape index (κ3) is 7.53. The Kier molecular flexibility index (Phi) is 9.25. The van der Waals surface area contributed by atoms with Gasteiger partial charge in [-0.25, -0.2) is 0 Å². The lowest BCUT2D eigenvalue weighted by Gasteiger charge is -2.15. The van der Waals surface area contributed by atoms with Crippen molar-refractivity contribution in [3.05, 3.63) is 130 Å². The smallest absolute Gasteiger partial charge is 0.161 e. The van der Waals surface area contributed by atoms with Gasteiger partial charge < -0.3 is 19.3 Å². The summed E-state index contributed by atoms with van der Waals surface area (Å²) in [5.74, 6) is 2.19. The highest BCUT2D eigenvalue weighted by molar-refractivity contribution is 5.74. The van der Waals surface area contributed by atoms with Gasteiger partial charge in [0.15, 0.2) is 11.5 Å². The summed E-state index contributed by atoms with van der Waals surface area (Å²) in [7, 11) is 1.64. The summed E-state index contributed by atoms with van der Waals surface area (Å²) in [6, 6.07) is 29.4. The van der Waals surface area contributed by atoms with E-state index in [2.05, 4.69) is 19.9 Å². The maximum absolute atomic E-state index is 10.5. The first-order valence-electron chi connectivity index (χ1n) is 12.7. The van der Waals surface area contributed by atoms with E-state index >= 15 is 0 Å². The molecule has 4 rings (SSSR count). The third-order valence-corrected chi connectivity index (χ3v) is 6.06. The summed E-state index contributed by atoms with van der Waals surface area (Å²) in [5, 5.41) is 10.5. The van der Waals surface area contributed by atoms with Crippen LogP contribution >= 0.6 is 0 Å². The molecule has 0 heterocycles. The van der Waals surface area contributed by atoms with Crippen LogP contribution < -0.4 is 14.2 Å². The molecule has 0 aromatic heterocycles. The SMILES string of the molecule is COc1cc(/C=C\c2cc(O)cc(OCc3ccccc3)c2CC=C(C)C)ccc1OCc1ccccc1. The minimum atomic E-state index is 0.163. The zero-order chi connectivity index (χ0) is 26.7. The number of methoxy groups -OCH3 is 1. The van der Waals surface area contributed by atoms with Gasteiger partial charge in [-0.1, -0.05) is 90.5 Å². The van der Waals surface area contributed by atoms with Crippen molar-refractivity contribution >= 4 is 12.2 Å². The number of aromatic hydroxyl groups is 1. The number of phenols is 1. The Morgan fingerprint density at radius 1 is 0.711 bits per heavy atom. The topological polar surface area (TPSA) is 47.9 Å². The molecular weight excluding hydrogens is 472 g/mol. The van der Waals surface area contributed by atoms with Crippen LogP contribution in [0.5, 0.6) is 23.0 Å². The van der Waals surface area contributed by atoms with Crippen LogP contribution in [0.1, 0.15) is 41.7 Å². The zero-order valence-corrected chi connectivity index (χ0v) is 22.2. The quantitative estimate of drug-likeness (QED) is 0.164. The Morgan fingerprint density at radius 2 is 1.34 bits per heavy atom. The second-order valence-electron chi connectivity index (χ2n) is 9.29. The lowest BCUT2D eigenvalue weighted by molar-refractivity contribution is 0.284. The summed E-state index contributed by atoms with van der Waals surface area (Å²) in [4.78, 5) is 0. The monoisotopic (exact) mass is 506 g/mol. The van der Waals surface area contributed by atoms with Gasteiger partial charge in [-0.05, 0) is 60.7 Å². The predicted molar refractivity (Wildman–Crippen MR) is 155 cm³/mol. The number of phenolic OH excluding ortho intramolecular Hbond substituents is 1. The summed E-state index contributed by atoms with van der Waals surface area (Å²) < 4.78 is 17.8. The molecule has 0 aliphatic rings. The van der Waals surface area contributed by atoms with Gasteiger partial charge in [-0.3, -0.25) is 0 Å². The van der Waals surface area contributed by atoms with E-state index in [1.54, 1.807) is 19.2 Å². The molecule has 1 N–H and O–H groups in total. The van der Waals surface area contributed by atoms with Crippen LogP contribution in [0.2, 0.25) is 0 Å². The normalized spacial score (nSPS) is 10.8. The van der Waals surface area contributed by atoms with E-state index in [4.69, 9.17) is 14.2 Å². The molecule has 4 aromatic rings. The second kappa shape index (κ2) is 13.2. The van der Waals surface area contributed by atoms with E-state index in [-0.39, 0.29) is 5.75 Å². The van der Waals surface area contributed by atoms with Crippen LogP contribution in [0.3, 0.4) is 0 Å². The molecule has 0 aliphatic heterocycles. The van der Waals surface area contributed by atoms with Crippen molar-refractivity contribution in [3.8, 4) is 23.0 Å². The summed E-state index contributed by atoms with van der Waals surface area (Å²) in [6.45, 7) is 5.05. The van der Waals surface area contributed by atoms with Crippen molar-refractivity contribution in [3.63, 3.8) is 0 Å². The van der Waals surface area contributed by atoms with E-state index in [0.717, 1.165) is 27.8 Å². The molecule has 0 atom stereocenters. The van der Waals surface area contributed by atoms with Crippen molar-refractivity contribution in [2.24, 2.45) is 0 Å². The van der Waals surface area contributed by atoms with E-state index in [1.807, 2.05) is 91.0 Å².